The van der Waals surface area contributed by atoms with Gasteiger partial charge in [-0.1, -0.05) is 15.9 Å². The summed E-state index contributed by atoms with van der Waals surface area (Å²) >= 11 is 3.39. The van der Waals surface area contributed by atoms with Gasteiger partial charge in [0.1, 0.15) is 0 Å². The number of hydrogen-bond acceptors (Lipinski definition) is 5. The molecule has 0 fully saturated rings. The lowest BCUT2D eigenvalue weighted by Gasteiger charge is -2.12. The third kappa shape index (κ3) is 2.85. The van der Waals surface area contributed by atoms with E-state index in [-0.39, 0.29) is 5.88 Å². The lowest BCUT2D eigenvalue weighted by atomic mass is 10.1. The van der Waals surface area contributed by atoms with E-state index >= 15 is 0 Å². The number of carbonyl (C=O) groups excluding carboxylic acids is 1. The minimum absolute atomic E-state index is 0.270. The quantitative estimate of drug-likeness (QED) is 0.632. The van der Waals surface area contributed by atoms with Gasteiger partial charge in [0.2, 0.25) is 5.88 Å². The van der Waals surface area contributed by atoms with Crippen molar-refractivity contribution in [3.05, 3.63) is 23.9 Å². The summed E-state index contributed by atoms with van der Waals surface area (Å²) in [5.74, 6) is 1.11. The van der Waals surface area contributed by atoms with Gasteiger partial charge < -0.3 is 14.2 Å². The van der Waals surface area contributed by atoms with Gasteiger partial charge in [0.25, 0.3) is 0 Å². The fraction of sp³-hybridized carbons (Fsp3) is 0.286. The third-order valence-corrected chi connectivity index (χ3v) is 3.30. The molecule has 0 N–H and O–H groups in total. The fourth-order valence-corrected chi connectivity index (χ4v) is 2.35. The molecule has 2 aromatic rings. The van der Waals surface area contributed by atoms with Gasteiger partial charge in [0.05, 0.1) is 19.9 Å². The van der Waals surface area contributed by atoms with E-state index in [1.165, 1.54) is 6.92 Å². The first-order chi connectivity index (χ1) is 9.58. The minimum atomic E-state index is -0.405. The normalized spacial score (nSPS) is 10.4. The number of benzene rings is 1. The molecule has 1 aromatic carbocycles. The van der Waals surface area contributed by atoms with Crippen molar-refractivity contribution in [2.45, 2.75) is 12.3 Å². The molecule has 0 radical (unpaired) electrons. The second kappa shape index (κ2) is 6.09. The van der Waals surface area contributed by atoms with Crippen molar-refractivity contribution in [1.29, 1.82) is 0 Å². The van der Waals surface area contributed by atoms with Gasteiger partial charge in [-0.2, -0.15) is 0 Å². The molecule has 0 saturated heterocycles. The highest BCUT2D eigenvalue weighted by molar-refractivity contribution is 9.08. The molecule has 1 heterocycles. The Bertz CT molecular complexity index is 657. The summed E-state index contributed by atoms with van der Waals surface area (Å²) < 4.78 is 15.6. The number of fused-ring (bicyclic) bond motifs is 1. The number of carbonyl (C=O) groups is 1. The first-order valence-corrected chi connectivity index (χ1v) is 7.01. The zero-order valence-electron chi connectivity index (χ0n) is 11.4. The van der Waals surface area contributed by atoms with Crippen LogP contribution in [0, 0.1) is 0 Å². The molecular formula is C14H14BrNO4. The van der Waals surface area contributed by atoms with Crippen molar-refractivity contribution in [3.8, 4) is 17.4 Å². The summed E-state index contributed by atoms with van der Waals surface area (Å²) in [5, 5.41) is 2.31. The van der Waals surface area contributed by atoms with Crippen molar-refractivity contribution in [1.82, 2.24) is 4.98 Å². The van der Waals surface area contributed by atoms with Crippen LogP contribution in [0.2, 0.25) is 0 Å². The van der Waals surface area contributed by atoms with Crippen LogP contribution in [0.15, 0.2) is 18.2 Å². The molecule has 2 rings (SSSR count). The van der Waals surface area contributed by atoms with Crippen LogP contribution in [-0.2, 0) is 10.1 Å². The van der Waals surface area contributed by atoms with Crippen molar-refractivity contribution in [2.75, 3.05) is 14.2 Å². The third-order valence-electron chi connectivity index (χ3n) is 2.77. The molecule has 6 heteroatoms. The van der Waals surface area contributed by atoms with Gasteiger partial charge in [0, 0.05) is 23.7 Å². The van der Waals surface area contributed by atoms with Crippen molar-refractivity contribution in [3.63, 3.8) is 0 Å². The van der Waals surface area contributed by atoms with Crippen molar-refractivity contribution in [2.24, 2.45) is 0 Å². The molecule has 20 heavy (non-hydrogen) atoms. The number of aromatic nitrogens is 1. The van der Waals surface area contributed by atoms with Gasteiger partial charge in [-0.05, 0) is 17.5 Å². The van der Waals surface area contributed by atoms with Crippen LogP contribution in [0.1, 0.15) is 12.6 Å². The Balaban J connectivity index is 2.67. The number of ether oxygens (including phenoxy) is 3. The van der Waals surface area contributed by atoms with Crippen LogP contribution >= 0.6 is 15.9 Å². The molecule has 0 aliphatic heterocycles. The average molecular weight is 340 g/mol. The first-order valence-electron chi connectivity index (χ1n) is 5.89. The molecular weight excluding hydrogens is 326 g/mol. The Hall–Kier alpha value is -1.82. The van der Waals surface area contributed by atoms with Gasteiger partial charge in [-0.3, -0.25) is 4.79 Å². The highest BCUT2D eigenvalue weighted by Crippen LogP contribution is 2.35. The second-order valence-electron chi connectivity index (χ2n) is 4.06. The largest absolute Gasteiger partial charge is 0.493 e. The average Bonchev–Trinajstić information content (AvgIpc) is 2.44. The van der Waals surface area contributed by atoms with Crippen LogP contribution in [-0.4, -0.2) is 25.2 Å². The molecule has 0 spiro atoms. The number of hydrogen-bond donors (Lipinski definition) is 0. The number of esters is 1. The molecule has 5 nitrogen and oxygen atoms in total. The van der Waals surface area contributed by atoms with Crippen LogP contribution in [0.3, 0.4) is 0 Å². The maximum Gasteiger partial charge on any atom is 0.309 e. The van der Waals surface area contributed by atoms with Gasteiger partial charge in [-0.15, -0.1) is 0 Å². The maximum atomic E-state index is 11.1. The maximum absolute atomic E-state index is 11.1. The smallest absolute Gasteiger partial charge is 0.309 e. The van der Waals surface area contributed by atoms with Gasteiger partial charge in [-0.25, -0.2) is 4.98 Å². The van der Waals surface area contributed by atoms with Crippen LogP contribution < -0.4 is 14.2 Å². The Morgan fingerprint density at radius 1 is 1.20 bits per heavy atom. The number of halogens is 1. The van der Waals surface area contributed by atoms with E-state index in [2.05, 4.69) is 20.9 Å². The zero-order valence-corrected chi connectivity index (χ0v) is 13.0. The first kappa shape index (κ1) is 14.6. The lowest BCUT2D eigenvalue weighted by Crippen LogP contribution is -2.04. The molecule has 106 valence electrons. The highest BCUT2D eigenvalue weighted by atomic mass is 79.9. The minimum Gasteiger partial charge on any atom is -0.493 e. The number of pyridine rings is 1. The fourth-order valence-electron chi connectivity index (χ4n) is 1.92. The van der Waals surface area contributed by atoms with Crippen LogP contribution in [0.25, 0.3) is 10.8 Å². The highest BCUT2D eigenvalue weighted by Gasteiger charge is 2.12. The Labute approximate surface area is 125 Å². The SMILES string of the molecule is COc1cc2cc(OC(C)=O)nc(CBr)c2cc1OC. The molecule has 0 saturated carbocycles. The molecule has 1 aromatic heterocycles. The van der Waals surface area contributed by atoms with E-state index in [0.29, 0.717) is 16.8 Å². The Morgan fingerprint density at radius 2 is 1.85 bits per heavy atom. The number of rotatable bonds is 4. The summed E-state index contributed by atoms with van der Waals surface area (Å²) in [5.41, 5.74) is 0.764. The lowest BCUT2D eigenvalue weighted by molar-refractivity contribution is -0.132. The molecule has 0 amide bonds. The summed E-state index contributed by atoms with van der Waals surface area (Å²) in [6.07, 6.45) is 0. The summed E-state index contributed by atoms with van der Waals surface area (Å²) in [6.45, 7) is 1.34. The number of alkyl halides is 1. The molecule has 0 unspecified atom stereocenters. The molecule has 0 bridgehead atoms. The second-order valence-corrected chi connectivity index (χ2v) is 4.62. The Morgan fingerprint density at radius 3 is 2.40 bits per heavy atom. The van der Waals surface area contributed by atoms with Crippen molar-refractivity contribution < 1.29 is 19.0 Å². The monoisotopic (exact) mass is 339 g/mol. The van der Waals surface area contributed by atoms with E-state index in [4.69, 9.17) is 14.2 Å². The zero-order chi connectivity index (χ0) is 14.7. The van der Waals surface area contributed by atoms with E-state index in [0.717, 1.165) is 16.5 Å². The summed E-state index contributed by atoms with van der Waals surface area (Å²) in [7, 11) is 3.15. The number of nitrogens with zero attached hydrogens (tertiary/aromatic N) is 1. The van der Waals surface area contributed by atoms with E-state index in [1.807, 2.05) is 12.1 Å². The van der Waals surface area contributed by atoms with Crippen LogP contribution in [0.5, 0.6) is 17.4 Å². The standard InChI is InChI=1S/C14H14BrNO4/c1-8(17)20-14-5-9-4-12(18-2)13(19-3)6-10(9)11(7-15)16-14/h4-6H,7H2,1-3H3. The predicted octanol–water partition coefficient (Wildman–Crippen LogP) is 3.07. The van der Waals surface area contributed by atoms with Gasteiger partial charge in [0.15, 0.2) is 11.5 Å². The summed E-state index contributed by atoms with van der Waals surface area (Å²) in [4.78, 5) is 15.4. The van der Waals surface area contributed by atoms with Gasteiger partial charge >= 0.3 is 5.97 Å². The predicted molar refractivity (Wildman–Crippen MR) is 78.8 cm³/mol. The molecule has 0 aliphatic carbocycles. The van der Waals surface area contributed by atoms with Crippen LogP contribution in [0.4, 0.5) is 0 Å². The van der Waals surface area contributed by atoms with E-state index in [9.17, 15) is 4.79 Å². The van der Waals surface area contributed by atoms with E-state index in [1.54, 1.807) is 20.3 Å². The molecule has 0 atom stereocenters. The summed E-state index contributed by atoms with van der Waals surface area (Å²) in [6, 6.07) is 5.38. The topological polar surface area (TPSA) is 57.7 Å². The molecule has 0 aliphatic rings. The van der Waals surface area contributed by atoms with E-state index < -0.39 is 5.97 Å². The number of methoxy groups -OCH3 is 2. The Kier molecular flexibility index (Phi) is 4.44. The van der Waals surface area contributed by atoms with Crippen molar-refractivity contribution >= 4 is 32.7 Å².